The largest absolute Gasteiger partial charge is 0.396 e. The summed E-state index contributed by atoms with van der Waals surface area (Å²) in [6.07, 6.45) is 7.43. The maximum Gasteiger partial charge on any atom is 0.251 e. The summed E-state index contributed by atoms with van der Waals surface area (Å²) >= 11 is 1.72. The van der Waals surface area contributed by atoms with Crippen LogP contribution in [0.5, 0.6) is 0 Å². The second-order valence-electron chi connectivity index (χ2n) is 13.6. The molecule has 49 heavy (non-hydrogen) atoms. The number of likely N-dealkylation sites (tertiary alicyclic amines) is 1. The van der Waals surface area contributed by atoms with Gasteiger partial charge in [0.2, 0.25) is 11.8 Å². The van der Waals surface area contributed by atoms with Gasteiger partial charge in [-0.15, -0.1) is 24.9 Å². The molecule has 3 aliphatic rings. The van der Waals surface area contributed by atoms with Crippen LogP contribution in [-0.4, -0.2) is 88.0 Å². The quantitative estimate of drug-likeness (QED) is 0.150. The van der Waals surface area contributed by atoms with Gasteiger partial charge in [-0.3, -0.25) is 14.4 Å². The van der Waals surface area contributed by atoms with Crippen molar-refractivity contribution in [3.8, 4) is 0 Å². The van der Waals surface area contributed by atoms with Crippen molar-refractivity contribution in [3.05, 3.63) is 85.5 Å². The monoisotopic (exact) mass is 686 g/mol. The van der Waals surface area contributed by atoms with Gasteiger partial charge in [-0.1, -0.05) is 62.2 Å². The molecule has 3 amide bonds. The molecule has 1 spiro atoms. The van der Waals surface area contributed by atoms with Gasteiger partial charge in [0.15, 0.2) is 0 Å². The minimum absolute atomic E-state index is 0.0284. The van der Waals surface area contributed by atoms with Crippen molar-refractivity contribution < 1.29 is 19.5 Å². The van der Waals surface area contributed by atoms with Gasteiger partial charge in [0.05, 0.1) is 16.6 Å². The van der Waals surface area contributed by atoms with Crippen molar-refractivity contribution in [1.29, 1.82) is 0 Å². The molecule has 0 radical (unpaired) electrons. The van der Waals surface area contributed by atoms with Crippen LogP contribution in [0.4, 0.5) is 11.4 Å². The number of amides is 3. The first-order valence-corrected chi connectivity index (χ1v) is 18.9. The predicted molar refractivity (Wildman–Crippen MR) is 201 cm³/mol. The fourth-order valence-corrected chi connectivity index (χ4v) is 10.9. The Morgan fingerprint density at radius 3 is 2.22 bits per heavy atom. The third-order valence-electron chi connectivity index (χ3n) is 10.8. The summed E-state index contributed by atoms with van der Waals surface area (Å²) < 4.78 is -0.711. The SMILES string of the molecule is C=CCN(Cc1ccccc1)C(=O)[C@@H]1[C@@H]2CC(C)C3(S2)C(C(=O)N(CC=C)c2ccc(N(CC)CC)cc2)N(CCCCCCO)C(=O)[C@H]13. The van der Waals surface area contributed by atoms with E-state index in [1.807, 2.05) is 52.3 Å². The van der Waals surface area contributed by atoms with Gasteiger partial charge in [-0.05, 0) is 68.9 Å². The number of fused-ring (bicyclic) bond motifs is 1. The summed E-state index contributed by atoms with van der Waals surface area (Å²) in [5, 5.41) is 9.29. The Bertz CT molecular complexity index is 1460. The number of benzene rings is 2. The molecule has 2 aromatic rings. The summed E-state index contributed by atoms with van der Waals surface area (Å²) in [4.78, 5) is 52.2. The standard InChI is InChI=1S/C40H54N4O4S/c1-6-23-42(28-30-17-13-12-14-18-30)37(46)34-33-27-29(5)40(49-33)35(34)38(47)44(25-15-10-11-16-26-45)36(40)39(48)43(24-7-2)32-21-19-31(20-22-32)41(8-3)9-4/h6-7,12-14,17-22,29,33-36,45H,1-2,8-11,15-16,23-28H2,3-5H3/t29?,33-,34+,35-,36?,40?/m0/s1. The van der Waals surface area contributed by atoms with Crippen molar-refractivity contribution >= 4 is 40.9 Å². The number of hydrogen-bond acceptors (Lipinski definition) is 6. The number of rotatable bonds is 18. The lowest BCUT2D eigenvalue weighted by molar-refractivity contribution is -0.144. The van der Waals surface area contributed by atoms with Gasteiger partial charge in [-0.2, -0.15) is 0 Å². The molecule has 1 N–H and O–H groups in total. The van der Waals surface area contributed by atoms with Crippen molar-refractivity contribution in [2.75, 3.05) is 49.1 Å². The van der Waals surface area contributed by atoms with Crippen LogP contribution in [0.1, 0.15) is 58.4 Å². The fraction of sp³-hybridized carbons (Fsp3) is 0.525. The lowest BCUT2D eigenvalue weighted by atomic mass is 9.65. The molecule has 0 aromatic heterocycles. The lowest BCUT2D eigenvalue weighted by Gasteiger charge is -2.41. The summed E-state index contributed by atoms with van der Waals surface area (Å²) in [5.41, 5.74) is 2.89. The molecule has 5 rings (SSSR count). The molecule has 2 bridgehead atoms. The minimum atomic E-state index is -0.711. The average Bonchev–Trinajstić information content (AvgIpc) is 3.71. The zero-order valence-corrected chi connectivity index (χ0v) is 30.3. The highest BCUT2D eigenvalue weighted by Crippen LogP contribution is 2.69. The highest BCUT2D eigenvalue weighted by atomic mass is 32.2. The third-order valence-corrected chi connectivity index (χ3v) is 12.9. The highest BCUT2D eigenvalue weighted by molar-refractivity contribution is 8.02. The van der Waals surface area contributed by atoms with E-state index in [-0.39, 0.29) is 35.5 Å². The summed E-state index contributed by atoms with van der Waals surface area (Å²) in [7, 11) is 0. The van der Waals surface area contributed by atoms with Crippen LogP contribution in [0.2, 0.25) is 0 Å². The maximum atomic E-state index is 15.1. The molecular formula is C40H54N4O4S. The number of carbonyl (C=O) groups is 3. The topological polar surface area (TPSA) is 84.4 Å². The van der Waals surface area contributed by atoms with E-state index < -0.39 is 22.6 Å². The Labute approximate surface area is 297 Å². The van der Waals surface area contributed by atoms with Crippen LogP contribution in [0.25, 0.3) is 0 Å². The fourth-order valence-electron chi connectivity index (χ4n) is 8.50. The molecule has 3 aliphatic heterocycles. The van der Waals surface area contributed by atoms with E-state index in [0.29, 0.717) is 32.6 Å². The van der Waals surface area contributed by atoms with Crippen molar-refractivity contribution in [2.45, 2.75) is 75.5 Å². The molecule has 0 aliphatic carbocycles. The number of aliphatic hydroxyl groups is 1. The molecule has 264 valence electrons. The maximum absolute atomic E-state index is 15.1. The van der Waals surface area contributed by atoms with E-state index in [0.717, 1.165) is 55.7 Å². The first-order chi connectivity index (χ1) is 23.8. The van der Waals surface area contributed by atoms with E-state index >= 15 is 4.79 Å². The smallest absolute Gasteiger partial charge is 0.251 e. The summed E-state index contributed by atoms with van der Waals surface area (Å²) in [5.74, 6) is -1.22. The predicted octanol–water partition coefficient (Wildman–Crippen LogP) is 6.16. The Hall–Kier alpha value is -3.56. The first kappa shape index (κ1) is 36.7. The summed E-state index contributed by atoms with van der Waals surface area (Å²) in [6.45, 7) is 17.8. The van der Waals surface area contributed by atoms with E-state index in [1.165, 1.54) is 0 Å². The molecule has 9 heteroatoms. The van der Waals surface area contributed by atoms with Gasteiger partial charge in [-0.25, -0.2) is 0 Å². The van der Waals surface area contributed by atoms with E-state index in [9.17, 15) is 14.7 Å². The first-order valence-electron chi connectivity index (χ1n) is 18.1. The molecule has 3 fully saturated rings. The van der Waals surface area contributed by atoms with Crippen LogP contribution in [0.15, 0.2) is 79.9 Å². The van der Waals surface area contributed by atoms with Crippen LogP contribution < -0.4 is 9.80 Å². The average molecular weight is 687 g/mol. The number of unbranched alkanes of at least 4 members (excludes halogenated alkanes) is 3. The Kier molecular flexibility index (Phi) is 12.3. The second-order valence-corrected chi connectivity index (χ2v) is 15.2. The molecule has 8 nitrogen and oxygen atoms in total. The van der Waals surface area contributed by atoms with Crippen LogP contribution in [0, 0.1) is 17.8 Å². The highest BCUT2D eigenvalue weighted by Gasteiger charge is 2.76. The lowest BCUT2D eigenvalue weighted by Crippen LogP contribution is -2.57. The Morgan fingerprint density at radius 1 is 0.939 bits per heavy atom. The summed E-state index contributed by atoms with van der Waals surface area (Å²) in [6, 6.07) is 17.3. The normalized spacial score (nSPS) is 25.3. The van der Waals surface area contributed by atoms with Crippen LogP contribution >= 0.6 is 11.8 Å². The van der Waals surface area contributed by atoms with Gasteiger partial charge in [0.1, 0.15) is 6.04 Å². The third kappa shape index (κ3) is 7.07. The molecule has 0 saturated carbocycles. The molecule has 3 saturated heterocycles. The molecule has 6 atom stereocenters. The van der Waals surface area contributed by atoms with Crippen LogP contribution in [-0.2, 0) is 20.9 Å². The number of carbonyl (C=O) groups excluding carboxylic acids is 3. The minimum Gasteiger partial charge on any atom is -0.396 e. The number of aliphatic hydroxyl groups excluding tert-OH is 1. The molecule has 3 unspecified atom stereocenters. The number of anilines is 2. The molecular weight excluding hydrogens is 633 g/mol. The van der Waals surface area contributed by atoms with E-state index in [1.54, 1.807) is 28.8 Å². The number of thioether (sulfide) groups is 1. The Balaban J connectivity index is 1.52. The van der Waals surface area contributed by atoms with Gasteiger partial charge < -0.3 is 24.7 Å². The van der Waals surface area contributed by atoms with Gasteiger partial charge in [0, 0.05) is 62.5 Å². The zero-order valence-electron chi connectivity index (χ0n) is 29.5. The zero-order chi connectivity index (χ0) is 35.1. The van der Waals surface area contributed by atoms with Crippen molar-refractivity contribution in [1.82, 2.24) is 9.80 Å². The van der Waals surface area contributed by atoms with Crippen molar-refractivity contribution in [3.63, 3.8) is 0 Å². The van der Waals surface area contributed by atoms with Crippen LogP contribution in [0.3, 0.4) is 0 Å². The number of hydrogen-bond donors (Lipinski definition) is 1. The van der Waals surface area contributed by atoms with E-state index in [4.69, 9.17) is 0 Å². The van der Waals surface area contributed by atoms with E-state index in [2.05, 4.69) is 51.0 Å². The molecule has 2 aromatic carbocycles. The van der Waals surface area contributed by atoms with Gasteiger partial charge in [0.25, 0.3) is 5.91 Å². The van der Waals surface area contributed by atoms with Crippen molar-refractivity contribution in [2.24, 2.45) is 17.8 Å². The Morgan fingerprint density at radius 2 is 1.59 bits per heavy atom. The number of nitrogens with zero attached hydrogens (tertiary/aromatic N) is 4. The second kappa shape index (κ2) is 16.4. The molecule has 3 heterocycles. The van der Waals surface area contributed by atoms with Gasteiger partial charge >= 0.3 is 0 Å².